The van der Waals surface area contributed by atoms with Crippen LogP contribution in [-0.4, -0.2) is 24.3 Å². The molecule has 0 saturated carbocycles. The summed E-state index contributed by atoms with van der Waals surface area (Å²) < 4.78 is 5.70. The first kappa shape index (κ1) is 20.6. The molecule has 1 fully saturated rings. The highest BCUT2D eigenvalue weighted by molar-refractivity contribution is 6.03. The molecule has 0 bridgehead atoms. The van der Waals surface area contributed by atoms with E-state index < -0.39 is 0 Å². The molecule has 6 heteroatoms. The predicted molar refractivity (Wildman–Crippen MR) is 109 cm³/mol. The van der Waals surface area contributed by atoms with Crippen molar-refractivity contribution in [3.05, 3.63) is 65.2 Å². The van der Waals surface area contributed by atoms with Gasteiger partial charge in [-0.15, -0.1) is 0 Å². The van der Waals surface area contributed by atoms with E-state index in [0.29, 0.717) is 25.1 Å². The van der Waals surface area contributed by atoms with E-state index in [1.165, 1.54) is 0 Å². The van der Waals surface area contributed by atoms with Gasteiger partial charge in [0, 0.05) is 18.5 Å². The number of carbonyl (C=O) groups excluding carboxylic acids is 3. The molecule has 152 valence electrons. The van der Waals surface area contributed by atoms with Crippen LogP contribution in [0.5, 0.6) is 5.75 Å². The van der Waals surface area contributed by atoms with Gasteiger partial charge in [0.25, 0.3) is 5.91 Å². The van der Waals surface area contributed by atoms with Crippen molar-refractivity contribution in [2.45, 2.75) is 39.2 Å². The van der Waals surface area contributed by atoms with E-state index in [4.69, 9.17) is 4.74 Å². The smallest absolute Gasteiger partial charge is 0.251 e. The highest BCUT2D eigenvalue weighted by Gasteiger charge is 2.30. The SMILES string of the molecule is CCCCOc1cccc(CNC(=O)c2ccc(CC3CC(=O)NC3=O)cc2)c1. The molecule has 3 rings (SSSR count). The van der Waals surface area contributed by atoms with E-state index in [0.717, 1.165) is 29.7 Å². The molecule has 0 radical (unpaired) electrons. The first-order valence-corrected chi connectivity index (χ1v) is 9.97. The number of unbranched alkanes of at least 4 members (excludes halogenated alkanes) is 1. The van der Waals surface area contributed by atoms with Crippen molar-refractivity contribution in [2.24, 2.45) is 5.92 Å². The maximum Gasteiger partial charge on any atom is 0.251 e. The van der Waals surface area contributed by atoms with Crippen molar-refractivity contribution in [1.29, 1.82) is 0 Å². The second-order valence-corrected chi connectivity index (χ2v) is 7.25. The zero-order valence-corrected chi connectivity index (χ0v) is 16.6. The van der Waals surface area contributed by atoms with E-state index in [1.54, 1.807) is 12.1 Å². The van der Waals surface area contributed by atoms with Crippen LogP contribution in [0.3, 0.4) is 0 Å². The third kappa shape index (κ3) is 5.91. The summed E-state index contributed by atoms with van der Waals surface area (Å²) in [6.45, 7) is 3.22. The Bertz CT molecular complexity index is 877. The Balaban J connectivity index is 1.51. The molecular weight excluding hydrogens is 368 g/mol. The van der Waals surface area contributed by atoms with Crippen molar-refractivity contribution < 1.29 is 19.1 Å². The Morgan fingerprint density at radius 1 is 1.14 bits per heavy atom. The molecule has 1 atom stereocenters. The maximum absolute atomic E-state index is 12.4. The van der Waals surface area contributed by atoms with Crippen molar-refractivity contribution in [3.63, 3.8) is 0 Å². The lowest BCUT2D eigenvalue weighted by molar-refractivity contribution is -0.125. The van der Waals surface area contributed by atoms with E-state index in [2.05, 4.69) is 17.6 Å². The Morgan fingerprint density at radius 2 is 1.93 bits per heavy atom. The number of nitrogens with one attached hydrogen (secondary N) is 2. The highest BCUT2D eigenvalue weighted by Crippen LogP contribution is 2.18. The lowest BCUT2D eigenvalue weighted by Crippen LogP contribution is -2.23. The van der Waals surface area contributed by atoms with Gasteiger partial charge in [0.2, 0.25) is 11.8 Å². The predicted octanol–water partition coefficient (Wildman–Crippen LogP) is 3.00. The van der Waals surface area contributed by atoms with Crippen molar-refractivity contribution in [1.82, 2.24) is 10.6 Å². The molecule has 0 aromatic heterocycles. The van der Waals surface area contributed by atoms with Crippen molar-refractivity contribution in [2.75, 3.05) is 6.61 Å². The summed E-state index contributed by atoms with van der Waals surface area (Å²) in [5.74, 6) is -0.130. The van der Waals surface area contributed by atoms with Crippen LogP contribution in [0.2, 0.25) is 0 Å². The lowest BCUT2D eigenvalue weighted by Gasteiger charge is -2.10. The van der Waals surface area contributed by atoms with Gasteiger partial charge in [-0.1, -0.05) is 37.6 Å². The maximum atomic E-state index is 12.4. The summed E-state index contributed by atoms with van der Waals surface area (Å²) in [6, 6.07) is 14.9. The molecular formula is C23H26N2O4. The molecule has 2 N–H and O–H groups in total. The molecule has 29 heavy (non-hydrogen) atoms. The molecule has 0 aliphatic carbocycles. The second-order valence-electron chi connectivity index (χ2n) is 7.25. The number of ether oxygens (including phenoxy) is 1. The van der Waals surface area contributed by atoms with Crippen molar-refractivity contribution in [3.8, 4) is 5.75 Å². The number of amides is 3. The molecule has 2 aromatic carbocycles. The fourth-order valence-electron chi connectivity index (χ4n) is 3.21. The molecule has 2 aromatic rings. The standard InChI is InChI=1S/C23H26N2O4/c1-2-3-11-29-20-6-4-5-17(13-20)15-24-22(27)18-9-7-16(8-10-18)12-19-14-21(26)25-23(19)28/h4-10,13,19H,2-3,11-12,14-15H2,1H3,(H,24,27)(H,25,26,28). The summed E-state index contributed by atoms with van der Waals surface area (Å²) in [5, 5.41) is 5.23. The van der Waals surface area contributed by atoms with Gasteiger partial charge in [-0.05, 0) is 48.2 Å². The molecule has 1 aliphatic heterocycles. The fraction of sp³-hybridized carbons (Fsp3) is 0.348. The Kier molecular flexibility index (Phi) is 7.00. The zero-order chi connectivity index (χ0) is 20.6. The summed E-state index contributed by atoms with van der Waals surface area (Å²) in [6.07, 6.45) is 2.81. The average molecular weight is 394 g/mol. The van der Waals surface area contributed by atoms with E-state index in [9.17, 15) is 14.4 Å². The molecule has 3 amide bonds. The molecule has 1 aliphatic rings. The van der Waals surface area contributed by atoms with Crippen LogP contribution >= 0.6 is 0 Å². The lowest BCUT2D eigenvalue weighted by atomic mass is 9.97. The van der Waals surface area contributed by atoms with Gasteiger partial charge in [-0.3, -0.25) is 19.7 Å². The largest absolute Gasteiger partial charge is 0.494 e. The number of benzene rings is 2. The van der Waals surface area contributed by atoms with E-state index in [1.807, 2.05) is 36.4 Å². The van der Waals surface area contributed by atoms with Gasteiger partial charge in [-0.2, -0.15) is 0 Å². The quantitative estimate of drug-likeness (QED) is 0.506. The van der Waals surface area contributed by atoms with Crippen LogP contribution < -0.4 is 15.4 Å². The number of rotatable bonds is 9. The van der Waals surface area contributed by atoms with Crippen LogP contribution in [0.1, 0.15) is 47.7 Å². The van der Waals surface area contributed by atoms with Crippen LogP contribution in [-0.2, 0) is 22.6 Å². The van der Waals surface area contributed by atoms with Crippen LogP contribution in [0.25, 0.3) is 0 Å². The average Bonchev–Trinajstić information content (AvgIpc) is 3.04. The summed E-state index contributed by atoms with van der Waals surface area (Å²) in [4.78, 5) is 35.4. The van der Waals surface area contributed by atoms with E-state index in [-0.39, 0.29) is 30.1 Å². The van der Waals surface area contributed by atoms with Gasteiger partial charge in [-0.25, -0.2) is 0 Å². The van der Waals surface area contributed by atoms with Gasteiger partial charge >= 0.3 is 0 Å². The van der Waals surface area contributed by atoms with E-state index >= 15 is 0 Å². The fourth-order valence-corrected chi connectivity index (χ4v) is 3.21. The van der Waals surface area contributed by atoms with Crippen LogP contribution in [0.4, 0.5) is 0 Å². The minimum Gasteiger partial charge on any atom is -0.494 e. The third-order valence-corrected chi connectivity index (χ3v) is 4.88. The summed E-state index contributed by atoms with van der Waals surface area (Å²) in [5.41, 5.74) is 2.45. The Labute approximate surface area is 170 Å². The third-order valence-electron chi connectivity index (χ3n) is 4.88. The normalized spacial score (nSPS) is 15.8. The number of hydrogen-bond donors (Lipinski definition) is 2. The number of imide groups is 1. The molecule has 0 spiro atoms. The minimum atomic E-state index is -0.325. The van der Waals surface area contributed by atoms with Crippen molar-refractivity contribution >= 4 is 17.7 Å². The second kappa shape index (κ2) is 9.87. The first-order chi connectivity index (χ1) is 14.0. The highest BCUT2D eigenvalue weighted by atomic mass is 16.5. The Hall–Kier alpha value is -3.15. The molecule has 1 unspecified atom stereocenters. The first-order valence-electron chi connectivity index (χ1n) is 9.97. The zero-order valence-electron chi connectivity index (χ0n) is 16.6. The monoisotopic (exact) mass is 394 g/mol. The minimum absolute atomic E-state index is 0.164. The number of carbonyl (C=O) groups is 3. The Morgan fingerprint density at radius 3 is 2.62 bits per heavy atom. The number of hydrogen-bond acceptors (Lipinski definition) is 4. The summed E-state index contributed by atoms with van der Waals surface area (Å²) in [7, 11) is 0. The van der Waals surface area contributed by atoms with Gasteiger partial charge in [0.05, 0.1) is 12.5 Å². The topological polar surface area (TPSA) is 84.5 Å². The van der Waals surface area contributed by atoms with Gasteiger partial charge < -0.3 is 10.1 Å². The molecule has 1 saturated heterocycles. The molecule has 1 heterocycles. The molecule has 6 nitrogen and oxygen atoms in total. The van der Waals surface area contributed by atoms with Gasteiger partial charge in [0.1, 0.15) is 5.75 Å². The van der Waals surface area contributed by atoms with Crippen LogP contribution in [0.15, 0.2) is 48.5 Å². The summed E-state index contributed by atoms with van der Waals surface area (Å²) >= 11 is 0. The van der Waals surface area contributed by atoms with Crippen LogP contribution in [0, 0.1) is 5.92 Å². The van der Waals surface area contributed by atoms with Gasteiger partial charge in [0.15, 0.2) is 0 Å².